The van der Waals surface area contributed by atoms with Crippen molar-refractivity contribution in [3.05, 3.63) is 29.6 Å². The molecular formula is C14H20FNO2. The first-order valence-corrected chi connectivity index (χ1v) is 6.08. The summed E-state index contributed by atoms with van der Waals surface area (Å²) in [7, 11) is 0. The van der Waals surface area contributed by atoms with Crippen molar-refractivity contribution in [2.24, 2.45) is 5.92 Å². The Labute approximate surface area is 107 Å². The second-order valence-corrected chi connectivity index (χ2v) is 4.84. The first-order valence-electron chi connectivity index (χ1n) is 6.08. The molecule has 1 rings (SSSR count). The minimum absolute atomic E-state index is 0.186. The Morgan fingerprint density at radius 1 is 1.39 bits per heavy atom. The van der Waals surface area contributed by atoms with Gasteiger partial charge in [-0.1, -0.05) is 19.9 Å². The molecule has 0 aliphatic rings. The van der Waals surface area contributed by atoms with Gasteiger partial charge in [-0.25, -0.2) is 4.39 Å². The molecule has 0 bridgehead atoms. The van der Waals surface area contributed by atoms with Gasteiger partial charge in [-0.05, 0) is 37.5 Å². The van der Waals surface area contributed by atoms with E-state index < -0.39 is 11.9 Å². The number of benzene rings is 1. The zero-order valence-corrected chi connectivity index (χ0v) is 11.3. The van der Waals surface area contributed by atoms with Crippen molar-refractivity contribution in [1.29, 1.82) is 0 Å². The lowest BCUT2D eigenvalue weighted by molar-refractivity contribution is -0.126. The Morgan fingerprint density at radius 2 is 2.06 bits per heavy atom. The van der Waals surface area contributed by atoms with E-state index in [1.165, 1.54) is 6.07 Å². The molecule has 1 amide bonds. The fraction of sp³-hybridized carbons (Fsp3) is 0.500. The van der Waals surface area contributed by atoms with E-state index in [9.17, 15) is 9.18 Å². The normalized spacial score (nSPS) is 12.6. The second kappa shape index (κ2) is 6.50. The number of carbonyl (C=O) groups excluding carboxylic acids is 1. The van der Waals surface area contributed by atoms with Crippen LogP contribution >= 0.6 is 0 Å². The Morgan fingerprint density at radius 3 is 2.61 bits per heavy atom. The van der Waals surface area contributed by atoms with Crippen LogP contribution in [-0.4, -0.2) is 18.6 Å². The fourth-order valence-corrected chi connectivity index (χ4v) is 1.37. The molecule has 1 N–H and O–H groups in total. The first-order chi connectivity index (χ1) is 8.40. The average Bonchev–Trinajstić information content (AvgIpc) is 2.29. The van der Waals surface area contributed by atoms with Crippen molar-refractivity contribution in [3.63, 3.8) is 0 Å². The van der Waals surface area contributed by atoms with Crippen LogP contribution in [0.15, 0.2) is 18.2 Å². The van der Waals surface area contributed by atoms with Gasteiger partial charge in [0.1, 0.15) is 11.9 Å². The maximum Gasteiger partial charge on any atom is 0.253 e. The van der Waals surface area contributed by atoms with Crippen LogP contribution < -0.4 is 5.32 Å². The first kappa shape index (κ1) is 14.6. The van der Waals surface area contributed by atoms with E-state index in [0.717, 1.165) is 5.56 Å². The molecule has 1 atom stereocenters. The molecule has 1 aromatic rings. The molecule has 0 saturated carbocycles. The number of hydrogen-bond donors (Lipinski definition) is 1. The summed E-state index contributed by atoms with van der Waals surface area (Å²) in [6, 6.07) is 4.69. The van der Waals surface area contributed by atoms with Crippen LogP contribution in [0.25, 0.3) is 0 Å². The van der Waals surface area contributed by atoms with Gasteiger partial charge in [0.25, 0.3) is 5.91 Å². The SMILES string of the molecule is Cc1ccc(NC(=O)[C@@H](C)OCC(C)C)c(F)c1. The number of carbonyl (C=O) groups is 1. The lowest BCUT2D eigenvalue weighted by Crippen LogP contribution is -2.29. The van der Waals surface area contributed by atoms with Gasteiger partial charge in [-0.3, -0.25) is 4.79 Å². The average molecular weight is 253 g/mol. The van der Waals surface area contributed by atoms with Gasteiger partial charge < -0.3 is 10.1 Å². The van der Waals surface area contributed by atoms with Gasteiger partial charge in [0.15, 0.2) is 0 Å². The van der Waals surface area contributed by atoms with E-state index >= 15 is 0 Å². The Kier molecular flexibility index (Phi) is 5.28. The summed E-state index contributed by atoms with van der Waals surface area (Å²) in [6.07, 6.45) is -0.590. The summed E-state index contributed by atoms with van der Waals surface area (Å²) >= 11 is 0. The molecule has 0 fully saturated rings. The number of aryl methyl sites for hydroxylation is 1. The zero-order valence-electron chi connectivity index (χ0n) is 11.3. The van der Waals surface area contributed by atoms with Crippen molar-refractivity contribution in [2.75, 3.05) is 11.9 Å². The van der Waals surface area contributed by atoms with Crippen molar-refractivity contribution in [1.82, 2.24) is 0 Å². The molecule has 0 aromatic heterocycles. The van der Waals surface area contributed by atoms with E-state index in [-0.39, 0.29) is 11.6 Å². The van der Waals surface area contributed by atoms with Gasteiger partial charge in [-0.2, -0.15) is 0 Å². The van der Waals surface area contributed by atoms with Crippen LogP contribution in [0.2, 0.25) is 0 Å². The van der Waals surface area contributed by atoms with Crippen LogP contribution in [0.3, 0.4) is 0 Å². The van der Waals surface area contributed by atoms with Gasteiger partial charge >= 0.3 is 0 Å². The minimum atomic E-state index is -0.590. The summed E-state index contributed by atoms with van der Waals surface area (Å²) in [5, 5.41) is 2.52. The Hall–Kier alpha value is -1.42. The van der Waals surface area contributed by atoms with Crippen molar-refractivity contribution < 1.29 is 13.9 Å². The standard InChI is InChI=1S/C14H20FNO2/c1-9(2)8-18-11(4)14(17)16-13-6-5-10(3)7-12(13)15/h5-7,9,11H,8H2,1-4H3,(H,16,17)/t11-/m1/s1. The van der Waals surface area contributed by atoms with Gasteiger partial charge in [-0.15, -0.1) is 0 Å². The summed E-state index contributed by atoms with van der Waals surface area (Å²) in [5.41, 5.74) is 1.00. The molecule has 0 spiro atoms. The molecule has 1 aromatic carbocycles. The highest BCUT2D eigenvalue weighted by molar-refractivity contribution is 5.94. The highest BCUT2D eigenvalue weighted by Gasteiger charge is 2.15. The van der Waals surface area contributed by atoms with E-state index in [1.54, 1.807) is 26.0 Å². The van der Waals surface area contributed by atoms with Crippen molar-refractivity contribution in [2.45, 2.75) is 33.8 Å². The molecule has 18 heavy (non-hydrogen) atoms. The molecule has 3 nitrogen and oxygen atoms in total. The molecule has 0 unspecified atom stereocenters. The number of amides is 1. The monoisotopic (exact) mass is 253 g/mol. The van der Waals surface area contributed by atoms with Crippen LogP contribution in [0.4, 0.5) is 10.1 Å². The topological polar surface area (TPSA) is 38.3 Å². The van der Waals surface area contributed by atoms with E-state index in [4.69, 9.17) is 4.74 Å². The lowest BCUT2D eigenvalue weighted by atomic mass is 10.2. The third kappa shape index (κ3) is 4.45. The Bertz CT molecular complexity index is 418. The highest BCUT2D eigenvalue weighted by atomic mass is 19.1. The number of ether oxygens (including phenoxy) is 1. The summed E-state index contributed by atoms with van der Waals surface area (Å²) in [4.78, 5) is 11.8. The van der Waals surface area contributed by atoms with Crippen LogP contribution in [0.1, 0.15) is 26.3 Å². The number of anilines is 1. The Balaban J connectivity index is 2.58. The second-order valence-electron chi connectivity index (χ2n) is 4.84. The van der Waals surface area contributed by atoms with E-state index in [0.29, 0.717) is 12.5 Å². The molecular weight excluding hydrogens is 233 g/mol. The van der Waals surface area contributed by atoms with E-state index in [2.05, 4.69) is 5.32 Å². The minimum Gasteiger partial charge on any atom is -0.368 e. The van der Waals surface area contributed by atoms with E-state index in [1.807, 2.05) is 13.8 Å². The number of hydrogen-bond acceptors (Lipinski definition) is 2. The quantitative estimate of drug-likeness (QED) is 0.875. The predicted octanol–water partition coefficient (Wildman–Crippen LogP) is 3.13. The predicted molar refractivity (Wildman–Crippen MR) is 70.0 cm³/mol. The smallest absolute Gasteiger partial charge is 0.253 e. The number of nitrogens with one attached hydrogen (secondary N) is 1. The summed E-state index contributed by atoms with van der Waals surface area (Å²) < 4.78 is 18.9. The van der Waals surface area contributed by atoms with Crippen LogP contribution in [-0.2, 0) is 9.53 Å². The zero-order chi connectivity index (χ0) is 13.7. The third-order valence-corrected chi connectivity index (χ3v) is 2.43. The molecule has 0 saturated heterocycles. The number of rotatable bonds is 5. The number of halogens is 1. The lowest BCUT2D eigenvalue weighted by Gasteiger charge is -2.15. The van der Waals surface area contributed by atoms with Gasteiger partial charge in [0, 0.05) is 6.61 Å². The molecule has 100 valence electrons. The van der Waals surface area contributed by atoms with Crippen molar-refractivity contribution >= 4 is 11.6 Å². The third-order valence-electron chi connectivity index (χ3n) is 2.43. The highest BCUT2D eigenvalue weighted by Crippen LogP contribution is 2.15. The summed E-state index contributed by atoms with van der Waals surface area (Å²) in [5.74, 6) is -0.408. The molecule has 0 aliphatic heterocycles. The molecule has 0 heterocycles. The summed E-state index contributed by atoms with van der Waals surface area (Å²) in [6.45, 7) is 7.96. The molecule has 0 aliphatic carbocycles. The maximum atomic E-state index is 13.5. The van der Waals surface area contributed by atoms with Crippen LogP contribution in [0.5, 0.6) is 0 Å². The maximum absolute atomic E-state index is 13.5. The van der Waals surface area contributed by atoms with Gasteiger partial charge in [0.2, 0.25) is 0 Å². The molecule has 0 radical (unpaired) electrons. The van der Waals surface area contributed by atoms with Gasteiger partial charge in [0.05, 0.1) is 5.69 Å². The molecule has 4 heteroatoms. The van der Waals surface area contributed by atoms with Crippen LogP contribution in [0, 0.1) is 18.7 Å². The largest absolute Gasteiger partial charge is 0.368 e. The fourth-order valence-electron chi connectivity index (χ4n) is 1.37. The van der Waals surface area contributed by atoms with Crippen molar-refractivity contribution in [3.8, 4) is 0 Å².